The largest absolute Gasteiger partial charge is 2.00 e. The van der Waals surface area contributed by atoms with Crippen molar-refractivity contribution in [1.29, 1.82) is 0 Å². The summed E-state index contributed by atoms with van der Waals surface area (Å²) in [5.74, 6) is -2.03. The fraction of sp³-hybridized carbons (Fsp3) is 0.697. The number of carbonyl (C=O) groups is 2. The summed E-state index contributed by atoms with van der Waals surface area (Å²) in [6.45, 7) is 15.5. The second-order valence-electron chi connectivity index (χ2n) is 9.58. The number of carboxylic acid groups (broad SMARTS) is 2. The van der Waals surface area contributed by atoms with Crippen LogP contribution in [0.2, 0.25) is 0 Å². The number of unbranched alkanes of at least 4 members (excludes halogenated alkanes) is 15. The molecule has 218 valence electrons. The monoisotopic (exact) mass is 638 g/mol. The summed E-state index contributed by atoms with van der Waals surface area (Å²) in [5.41, 5.74) is 1.17. The molecule has 1 aromatic rings. The van der Waals surface area contributed by atoms with Crippen LogP contribution in [0.1, 0.15) is 159 Å². The van der Waals surface area contributed by atoms with Gasteiger partial charge in [-0.05, 0) is 25.3 Å². The number of carbonyl (C=O) groups excluding carboxylic acids is 2. The van der Waals surface area contributed by atoms with E-state index in [9.17, 15) is 19.8 Å². The van der Waals surface area contributed by atoms with Crippen LogP contribution in [0, 0.1) is 20.8 Å². The zero-order valence-electron chi connectivity index (χ0n) is 25.3. The number of rotatable bonds is 18. The van der Waals surface area contributed by atoms with Crippen LogP contribution in [0.25, 0.3) is 0 Å². The minimum atomic E-state index is -1.12. The molecular formula is C33H58O4Sn. The quantitative estimate of drug-likeness (QED) is 0.121. The molecule has 0 spiro atoms. The average Bonchev–Trinajstić information content (AvgIpc) is 2.89. The third-order valence-electron chi connectivity index (χ3n) is 5.70. The molecule has 0 N–H and O–H groups in total. The van der Waals surface area contributed by atoms with Crippen LogP contribution in [0.5, 0.6) is 0 Å². The van der Waals surface area contributed by atoms with Crippen molar-refractivity contribution in [2.75, 3.05) is 0 Å². The number of aromatic carboxylic acids is 1. The minimum absolute atomic E-state index is 0. The summed E-state index contributed by atoms with van der Waals surface area (Å²) in [6, 6.07) is 6.63. The third-order valence-corrected chi connectivity index (χ3v) is 5.70. The maximum absolute atomic E-state index is 10.2. The summed E-state index contributed by atoms with van der Waals surface area (Å²) >= 11 is 0. The average molecular weight is 638 g/mol. The van der Waals surface area contributed by atoms with Gasteiger partial charge in [-0.1, -0.05) is 174 Å². The van der Waals surface area contributed by atoms with Gasteiger partial charge in [0.25, 0.3) is 0 Å². The van der Waals surface area contributed by atoms with E-state index in [2.05, 4.69) is 34.6 Å². The Kier molecular flexibility index (Phi) is 44.1. The maximum Gasteiger partial charge on any atom is 2.00 e. The van der Waals surface area contributed by atoms with Gasteiger partial charge in [-0.15, -0.1) is 0 Å². The molecule has 1 rings (SSSR count). The van der Waals surface area contributed by atoms with E-state index in [1.54, 1.807) is 12.1 Å². The van der Waals surface area contributed by atoms with E-state index in [-0.39, 0.29) is 35.9 Å². The van der Waals surface area contributed by atoms with Crippen LogP contribution in [0.3, 0.4) is 0 Å². The molecule has 0 aliphatic heterocycles. The fourth-order valence-electron chi connectivity index (χ4n) is 3.24. The zero-order valence-corrected chi connectivity index (χ0v) is 28.1. The van der Waals surface area contributed by atoms with E-state index >= 15 is 0 Å². The van der Waals surface area contributed by atoms with Crippen LogP contribution >= 0.6 is 0 Å². The molecule has 1 aromatic carbocycles. The molecule has 0 aliphatic rings. The van der Waals surface area contributed by atoms with Gasteiger partial charge in [0, 0.05) is 5.97 Å². The standard InChI is InChI=1S/C17H34O2.C8H8O2.2C4H9.Sn/c1-2-3-4-5-6-7-8-9-10-11-12-13-14-15-16-17(18)19;1-6-3-2-4-7(5-6)8(9)10;2*1-3-4-2;/h2-16H2,1H3,(H,18,19);2-5H,1H3,(H,9,10);2*1,3-4H2,2H3;/q;;;;+2/p-2. The number of hydrogen-bond donors (Lipinski definition) is 0. The number of aryl methyl sites for hydroxylation is 1. The fourth-order valence-corrected chi connectivity index (χ4v) is 3.24. The molecule has 0 amide bonds. The van der Waals surface area contributed by atoms with Gasteiger partial charge in [0.2, 0.25) is 0 Å². The first-order valence-corrected chi connectivity index (χ1v) is 14.9. The van der Waals surface area contributed by atoms with Crippen LogP contribution in [-0.4, -0.2) is 35.8 Å². The topological polar surface area (TPSA) is 80.3 Å². The molecule has 0 fully saturated rings. The van der Waals surface area contributed by atoms with E-state index in [0.29, 0.717) is 0 Å². The van der Waals surface area contributed by atoms with Gasteiger partial charge >= 0.3 is 23.9 Å². The Bertz CT molecular complexity index is 596. The molecule has 38 heavy (non-hydrogen) atoms. The Hall–Kier alpha value is -1.04. The molecule has 5 heteroatoms. The van der Waals surface area contributed by atoms with Crippen molar-refractivity contribution >= 4 is 35.8 Å². The van der Waals surface area contributed by atoms with Crippen LogP contribution < -0.4 is 10.2 Å². The van der Waals surface area contributed by atoms with Crippen LogP contribution in [0.15, 0.2) is 24.3 Å². The van der Waals surface area contributed by atoms with E-state index in [1.165, 1.54) is 96.0 Å². The first-order chi connectivity index (χ1) is 17.8. The molecule has 0 unspecified atom stereocenters. The first-order valence-electron chi connectivity index (χ1n) is 14.9. The maximum atomic E-state index is 10.2. The Labute approximate surface area is 253 Å². The number of aliphatic carboxylic acids is 1. The van der Waals surface area contributed by atoms with Gasteiger partial charge in [0.15, 0.2) is 0 Å². The summed E-state index contributed by atoms with van der Waals surface area (Å²) in [7, 11) is 0. The van der Waals surface area contributed by atoms with Gasteiger partial charge < -0.3 is 19.8 Å². The summed E-state index contributed by atoms with van der Waals surface area (Å²) in [4.78, 5) is 20.4. The van der Waals surface area contributed by atoms with E-state index in [4.69, 9.17) is 0 Å². The Morgan fingerprint density at radius 2 is 1.03 bits per heavy atom. The molecule has 4 radical (unpaired) electrons. The van der Waals surface area contributed by atoms with Gasteiger partial charge in [0.1, 0.15) is 0 Å². The van der Waals surface area contributed by atoms with Gasteiger partial charge in [-0.25, -0.2) is 0 Å². The van der Waals surface area contributed by atoms with Crippen molar-refractivity contribution < 1.29 is 19.8 Å². The molecule has 0 bridgehead atoms. The normalized spacial score (nSPS) is 9.42. The van der Waals surface area contributed by atoms with E-state index in [0.717, 1.165) is 31.2 Å². The zero-order chi connectivity index (χ0) is 28.6. The van der Waals surface area contributed by atoms with Gasteiger partial charge in [-0.3, -0.25) is 0 Å². The van der Waals surface area contributed by atoms with Crippen molar-refractivity contribution in [2.45, 2.75) is 150 Å². The van der Waals surface area contributed by atoms with Gasteiger partial charge in [0.05, 0.1) is 5.97 Å². The summed E-state index contributed by atoms with van der Waals surface area (Å²) < 4.78 is 0. The van der Waals surface area contributed by atoms with Crippen molar-refractivity contribution in [3.63, 3.8) is 0 Å². The minimum Gasteiger partial charge on any atom is -0.550 e. The molecule has 0 atom stereocenters. The van der Waals surface area contributed by atoms with Crippen molar-refractivity contribution in [2.24, 2.45) is 0 Å². The molecular weight excluding hydrogens is 579 g/mol. The van der Waals surface area contributed by atoms with E-state index in [1.807, 2.05) is 13.0 Å². The van der Waals surface area contributed by atoms with Crippen LogP contribution in [-0.2, 0) is 4.79 Å². The second kappa shape index (κ2) is 38.1. The summed E-state index contributed by atoms with van der Waals surface area (Å²) in [6.07, 6.45) is 23.0. The van der Waals surface area contributed by atoms with Crippen LogP contribution in [0.4, 0.5) is 0 Å². The smallest absolute Gasteiger partial charge is 0.550 e. The molecule has 0 saturated heterocycles. The predicted octanol–water partition coefficient (Wildman–Crippen LogP) is 7.83. The van der Waals surface area contributed by atoms with E-state index < -0.39 is 11.9 Å². The van der Waals surface area contributed by atoms with Gasteiger partial charge in [-0.2, -0.15) is 0 Å². The SMILES string of the molecule is CCCCCCCCCCCCCCCCC(=O)[O-].Cc1cccc(C(=O)[O-])c1.[CH2]CCC.[CH2]CCC.[Sn+2]. The number of carboxylic acids is 2. The predicted molar refractivity (Wildman–Crippen MR) is 162 cm³/mol. The first kappa shape index (κ1) is 44.0. The molecule has 0 aliphatic carbocycles. The number of hydrogen-bond acceptors (Lipinski definition) is 4. The molecule has 0 heterocycles. The second-order valence-corrected chi connectivity index (χ2v) is 9.58. The molecule has 0 aromatic heterocycles. The Balaban J connectivity index is -0.000000252. The Morgan fingerprint density at radius 3 is 1.29 bits per heavy atom. The Morgan fingerprint density at radius 1 is 0.658 bits per heavy atom. The molecule has 0 saturated carbocycles. The third kappa shape index (κ3) is 42.1. The molecule has 4 nitrogen and oxygen atoms in total. The van der Waals surface area contributed by atoms with Crippen molar-refractivity contribution in [3.8, 4) is 0 Å². The summed E-state index contributed by atoms with van der Waals surface area (Å²) in [5, 5.41) is 20.4. The van der Waals surface area contributed by atoms with Crippen molar-refractivity contribution in [3.05, 3.63) is 49.2 Å². The van der Waals surface area contributed by atoms with Crippen molar-refractivity contribution in [1.82, 2.24) is 0 Å². The number of benzene rings is 1.